The number of ether oxygens (including phenoxy) is 2. The smallest absolute Gasteiger partial charge is 0.305 e. The summed E-state index contributed by atoms with van der Waals surface area (Å²) in [4.78, 5) is 23.2. The van der Waals surface area contributed by atoms with Gasteiger partial charge in [0.2, 0.25) is 5.91 Å². The number of nitrogens with one attached hydrogen (secondary N) is 1. The number of esters is 1. The van der Waals surface area contributed by atoms with Crippen LogP contribution in [0.25, 0.3) is 0 Å². The molecule has 0 fully saturated rings. The van der Waals surface area contributed by atoms with Crippen molar-refractivity contribution in [2.75, 3.05) is 13.7 Å². The second-order valence-corrected chi connectivity index (χ2v) is 5.78. The molecular weight excluding hydrogens is 368 g/mol. The minimum absolute atomic E-state index is 0. The highest BCUT2D eigenvalue weighted by Crippen LogP contribution is 2.14. The van der Waals surface area contributed by atoms with Crippen molar-refractivity contribution < 1.29 is 19.1 Å². The Labute approximate surface area is 165 Å². The minimum atomic E-state index is -0.686. The molecule has 1 atom stereocenters. The zero-order chi connectivity index (χ0) is 18.8. The van der Waals surface area contributed by atoms with E-state index in [9.17, 15) is 9.59 Å². The lowest BCUT2D eigenvalue weighted by Crippen LogP contribution is -2.33. The number of nitrogens with two attached hydrogens (primary N) is 1. The minimum Gasteiger partial charge on any atom is -0.494 e. The lowest BCUT2D eigenvalue weighted by atomic mass is 10.1. The lowest BCUT2D eigenvalue weighted by molar-refractivity contribution is -0.140. The first kappa shape index (κ1) is 22.5. The molecule has 2 aromatic carbocycles. The van der Waals surface area contributed by atoms with Crippen LogP contribution in [0.2, 0.25) is 0 Å². The maximum absolute atomic E-state index is 12.1. The fourth-order valence-electron chi connectivity index (χ4n) is 2.32. The van der Waals surface area contributed by atoms with Crippen LogP contribution in [0.1, 0.15) is 30.0 Å². The highest BCUT2D eigenvalue weighted by molar-refractivity contribution is 5.85. The fraction of sp³-hybridized carbons (Fsp3) is 0.300. The third kappa shape index (κ3) is 7.68. The Bertz CT molecular complexity index is 708. The molecule has 0 radical (unpaired) electrons. The van der Waals surface area contributed by atoms with Crippen molar-refractivity contribution in [2.24, 2.45) is 5.73 Å². The summed E-state index contributed by atoms with van der Waals surface area (Å²) in [7, 11) is 1.37. The van der Waals surface area contributed by atoms with Crippen LogP contribution >= 0.6 is 12.4 Å². The number of carbonyl (C=O) groups is 2. The Morgan fingerprint density at radius 3 is 2.37 bits per heavy atom. The molecule has 0 bridgehead atoms. The average molecular weight is 393 g/mol. The monoisotopic (exact) mass is 392 g/mol. The van der Waals surface area contributed by atoms with Crippen molar-refractivity contribution in [2.45, 2.75) is 25.4 Å². The predicted octanol–water partition coefficient (Wildman–Crippen LogP) is 2.76. The van der Waals surface area contributed by atoms with Crippen LogP contribution in [0.5, 0.6) is 5.75 Å². The molecule has 3 N–H and O–H groups in total. The van der Waals surface area contributed by atoms with Gasteiger partial charge in [-0.15, -0.1) is 12.4 Å². The van der Waals surface area contributed by atoms with Crippen molar-refractivity contribution in [3.63, 3.8) is 0 Å². The molecule has 0 spiro atoms. The van der Waals surface area contributed by atoms with E-state index in [1.165, 1.54) is 7.11 Å². The van der Waals surface area contributed by atoms with Crippen LogP contribution in [0.4, 0.5) is 0 Å². The van der Waals surface area contributed by atoms with E-state index in [0.717, 1.165) is 11.1 Å². The molecule has 2 aromatic rings. The molecule has 27 heavy (non-hydrogen) atoms. The third-order valence-electron chi connectivity index (χ3n) is 3.85. The quantitative estimate of drug-likeness (QED) is 0.505. The molecule has 0 saturated heterocycles. The van der Waals surface area contributed by atoms with Gasteiger partial charge in [-0.1, -0.05) is 42.5 Å². The van der Waals surface area contributed by atoms with Crippen LogP contribution in [-0.4, -0.2) is 25.6 Å². The summed E-state index contributed by atoms with van der Waals surface area (Å²) >= 11 is 0. The molecule has 1 unspecified atom stereocenters. The van der Waals surface area contributed by atoms with Crippen LogP contribution in [0, 0.1) is 0 Å². The van der Waals surface area contributed by atoms with E-state index < -0.39 is 6.04 Å². The fourth-order valence-corrected chi connectivity index (χ4v) is 2.32. The van der Waals surface area contributed by atoms with Gasteiger partial charge in [0.25, 0.3) is 0 Å². The van der Waals surface area contributed by atoms with Crippen molar-refractivity contribution in [1.29, 1.82) is 0 Å². The average Bonchev–Trinajstić information content (AvgIpc) is 2.70. The first-order valence-electron chi connectivity index (χ1n) is 8.47. The Balaban J connectivity index is 0.00000364. The third-order valence-corrected chi connectivity index (χ3v) is 3.85. The highest BCUT2D eigenvalue weighted by atomic mass is 35.5. The molecule has 0 aliphatic rings. The van der Waals surface area contributed by atoms with Gasteiger partial charge in [0, 0.05) is 13.0 Å². The van der Waals surface area contributed by atoms with E-state index in [1.807, 2.05) is 54.6 Å². The van der Waals surface area contributed by atoms with Gasteiger partial charge in [0.1, 0.15) is 11.8 Å². The molecule has 146 valence electrons. The van der Waals surface area contributed by atoms with Crippen LogP contribution < -0.4 is 15.8 Å². The van der Waals surface area contributed by atoms with E-state index in [1.54, 1.807) is 0 Å². The summed E-state index contributed by atoms with van der Waals surface area (Å²) in [6.07, 6.45) is 0.935. The molecule has 7 heteroatoms. The summed E-state index contributed by atoms with van der Waals surface area (Å²) in [6, 6.07) is 16.0. The maximum atomic E-state index is 12.1. The Hall–Kier alpha value is -2.57. The largest absolute Gasteiger partial charge is 0.494 e. The zero-order valence-electron chi connectivity index (χ0n) is 15.2. The number of carbonyl (C=O) groups excluding carboxylic acids is 2. The van der Waals surface area contributed by atoms with Crippen LogP contribution in [0.3, 0.4) is 0 Å². The van der Waals surface area contributed by atoms with E-state index in [4.69, 9.17) is 10.5 Å². The van der Waals surface area contributed by atoms with Gasteiger partial charge >= 0.3 is 5.97 Å². The van der Waals surface area contributed by atoms with Gasteiger partial charge in [-0.05, 0) is 29.7 Å². The normalized spacial score (nSPS) is 11.0. The number of halogens is 1. The number of benzene rings is 2. The topological polar surface area (TPSA) is 90.6 Å². The number of methoxy groups -OCH3 is 1. The van der Waals surface area contributed by atoms with Crippen LogP contribution in [-0.2, 0) is 20.9 Å². The van der Waals surface area contributed by atoms with Gasteiger partial charge < -0.3 is 20.5 Å². The Morgan fingerprint density at radius 1 is 1.07 bits per heavy atom. The molecule has 2 rings (SSSR count). The molecule has 0 aromatic heterocycles. The van der Waals surface area contributed by atoms with Crippen molar-refractivity contribution >= 4 is 24.3 Å². The molecule has 6 nitrogen and oxygen atoms in total. The second kappa shape index (κ2) is 11.9. The van der Waals surface area contributed by atoms with E-state index in [2.05, 4.69) is 10.1 Å². The van der Waals surface area contributed by atoms with Gasteiger partial charge in [-0.25, -0.2) is 0 Å². The highest BCUT2D eigenvalue weighted by Gasteiger charge is 2.14. The Kier molecular flexibility index (Phi) is 9.93. The summed E-state index contributed by atoms with van der Waals surface area (Å²) < 4.78 is 10.1. The first-order valence-corrected chi connectivity index (χ1v) is 8.47. The van der Waals surface area contributed by atoms with Crippen molar-refractivity contribution in [3.8, 4) is 5.75 Å². The van der Waals surface area contributed by atoms with E-state index in [-0.39, 0.29) is 24.3 Å². The number of hydrogen-bond acceptors (Lipinski definition) is 5. The number of rotatable bonds is 9. The molecule has 0 heterocycles. The molecule has 0 aliphatic heterocycles. The molecule has 0 saturated carbocycles. The number of amides is 1. The van der Waals surface area contributed by atoms with Gasteiger partial charge in [-0.3, -0.25) is 9.59 Å². The van der Waals surface area contributed by atoms with E-state index in [0.29, 0.717) is 31.7 Å². The molecule has 0 aliphatic carbocycles. The van der Waals surface area contributed by atoms with E-state index >= 15 is 0 Å². The maximum Gasteiger partial charge on any atom is 0.305 e. The van der Waals surface area contributed by atoms with Gasteiger partial charge in [0.15, 0.2) is 0 Å². The van der Waals surface area contributed by atoms with Gasteiger partial charge in [-0.2, -0.15) is 0 Å². The molecular formula is C20H25ClN2O4. The summed E-state index contributed by atoms with van der Waals surface area (Å²) in [5.74, 6) is 0.249. The van der Waals surface area contributed by atoms with Gasteiger partial charge in [0.05, 0.1) is 13.7 Å². The summed E-state index contributed by atoms with van der Waals surface area (Å²) in [5, 5.41) is 2.83. The second-order valence-electron chi connectivity index (χ2n) is 5.78. The lowest BCUT2D eigenvalue weighted by Gasteiger charge is -2.13. The standard InChI is InChI=1S/C20H24N2O4.ClH/c1-25-18(23)8-5-13-26-17-11-9-15(10-12-17)14-22-20(24)19(21)16-6-3-2-4-7-16;/h2-4,6-7,9-12,19H,5,8,13-14,21H2,1H3,(H,22,24);1H. The molecule has 1 amide bonds. The Morgan fingerprint density at radius 2 is 1.74 bits per heavy atom. The van der Waals surface area contributed by atoms with Crippen molar-refractivity contribution in [3.05, 3.63) is 65.7 Å². The number of hydrogen-bond donors (Lipinski definition) is 2. The SMILES string of the molecule is COC(=O)CCCOc1ccc(CNC(=O)C(N)c2ccccc2)cc1.Cl. The summed E-state index contributed by atoms with van der Waals surface area (Å²) in [6.45, 7) is 0.832. The summed E-state index contributed by atoms with van der Waals surface area (Å²) in [5.41, 5.74) is 7.68. The van der Waals surface area contributed by atoms with Crippen LogP contribution in [0.15, 0.2) is 54.6 Å². The zero-order valence-corrected chi connectivity index (χ0v) is 16.0. The van der Waals surface area contributed by atoms with Crippen molar-refractivity contribution in [1.82, 2.24) is 5.32 Å². The first-order chi connectivity index (χ1) is 12.6. The predicted molar refractivity (Wildman–Crippen MR) is 106 cm³/mol.